The van der Waals surface area contributed by atoms with Crippen LogP contribution in [0.2, 0.25) is 0 Å². The molecular weight excluding hydrogens is 294 g/mol. The van der Waals surface area contributed by atoms with Crippen LogP contribution in [0.25, 0.3) is 10.9 Å². The average molecular weight is 315 g/mol. The van der Waals surface area contributed by atoms with Crippen molar-refractivity contribution in [2.24, 2.45) is 0 Å². The summed E-state index contributed by atoms with van der Waals surface area (Å²) in [7, 11) is 0. The summed E-state index contributed by atoms with van der Waals surface area (Å²) in [6.45, 7) is 0. The Kier molecular flexibility index (Phi) is 6.50. The lowest BCUT2D eigenvalue weighted by molar-refractivity contribution is -0.129. The van der Waals surface area contributed by atoms with Crippen LogP contribution in [0.1, 0.15) is 38.5 Å². The molecule has 2 aromatic rings. The Labute approximate surface area is 134 Å². The number of anilines is 1. The minimum Gasteiger partial charge on any atom is -0.324 e. The standard InChI is InChI=1S/C17H21N3O3/c21-15(10-3-1-2-4-11-16(22)20-23)19-14-9-5-7-13-8-6-12-18-17(13)14/h5-9,12,23H,1-4,10-11H2,(H,19,21)(H,20,22). The number of carbonyl (C=O) groups is 2. The highest BCUT2D eigenvalue weighted by molar-refractivity contribution is 6.00. The summed E-state index contributed by atoms with van der Waals surface area (Å²) in [5.41, 5.74) is 3.13. The molecule has 6 heteroatoms. The fraction of sp³-hybridized carbons (Fsp3) is 0.353. The molecule has 0 atom stereocenters. The first-order valence-corrected chi connectivity index (χ1v) is 7.77. The highest BCUT2D eigenvalue weighted by Gasteiger charge is 2.06. The van der Waals surface area contributed by atoms with E-state index in [9.17, 15) is 9.59 Å². The van der Waals surface area contributed by atoms with Crippen molar-refractivity contribution in [2.75, 3.05) is 5.32 Å². The van der Waals surface area contributed by atoms with Crippen molar-refractivity contribution in [3.8, 4) is 0 Å². The predicted octanol–water partition coefficient (Wildman–Crippen LogP) is 3.02. The van der Waals surface area contributed by atoms with Gasteiger partial charge in [0.25, 0.3) is 0 Å². The van der Waals surface area contributed by atoms with Crippen molar-refractivity contribution < 1.29 is 14.8 Å². The number of benzene rings is 1. The SMILES string of the molecule is O=C(CCCCCCC(=O)Nc1cccc2cccnc12)NO. The molecule has 0 saturated carbocycles. The van der Waals surface area contributed by atoms with E-state index in [-0.39, 0.29) is 11.8 Å². The number of carbonyl (C=O) groups excluding carboxylic acids is 2. The van der Waals surface area contributed by atoms with Gasteiger partial charge in [0.2, 0.25) is 11.8 Å². The van der Waals surface area contributed by atoms with Gasteiger partial charge in [0.05, 0.1) is 11.2 Å². The zero-order valence-corrected chi connectivity index (χ0v) is 12.9. The minimum atomic E-state index is -0.369. The lowest BCUT2D eigenvalue weighted by atomic mass is 10.1. The summed E-state index contributed by atoms with van der Waals surface area (Å²) in [6, 6.07) is 9.53. The van der Waals surface area contributed by atoms with Crippen LogP contribution in [-0.2, 0) is 9.59 Å². The normalized spacial score (nSPS) is 10.5. The molecule has 0 bridgehead atoms. The van der Waals surface area contributed by atoms with Crippen molar-refractivity contribution in [3.63, 3.8) is 0 Å². The van der Waals surface area contributed by atoms with Gasteiger partial charge in [0.15, 0.2) is 0 Å². The van der Waals surface area contributed by atoms with Crippen LogP contribution in [0.3, 0.4) is 0 Å². The van der Waals surface area contributed by atoms with Gasteiger partial charge in [-0.1, -0.05) is 31.0 Å². The maximum Gasteiger partial charge on any atom is 0.243 e. The van der Waals surface area contributed by atoms with Crippen molar-refractivity contribution in [3.05, 3.63) is 36.5 Å². The van der Waals surface area contributed by atoms with E-state index in [1.165, 1.54) is 0 Å². The number of pyridine rings is 1. The molecule has 0 saturated heterocycles. The monoisotopic (exact) mass is 315 g/mol. The van der Waals surface area contributed by atoms with Gasteiger partial charge >= 0.3 is 0 Å². The highest BCUT2D eigenvalue weighted by Crippen LogP contribution is 2.21. The van der Waals surface area contributed by atoms with Crippen molar-refractivity contribution in [1.29, 1.82) is 0 Å². The summed E-state index contributed by atoms with van der Waals surface area (Å²) in [4.78, 5) is 27.1. The predicted molar refractivity (Wildman–Crippen MR) is 88.0 cm³/mol. The van der Waals surface area contributed by atoms with Crippen LogP contribution in [0.5, 0.6) is 0 Å². The van der Waals surface area contributed by atoms with Crippen LogP contribution in [0, 0.1) is 0 Å². The quantitative estimate of drug-likeness (QED) is 0.397. The molecule has 0 fully saturated rings. The first-order chi connectivity index (χ1) is 11.2. The lowest BCUT2D eigenvalue weighted by Gasteiger charge is -2.08. The topological polar surface area (TPSA) is 91.3 Å². The zero-order valence-electron chi connectivity index (χ0n) is 12.9. The maximum absolute atomic E-state index is 12.0. The number of nitrogens with zero attached hydrogens (tertiary/aromatic N) is 1. The lowest BCUT2D eigenvalue weighted by Crippen LogP contribution is -2.17. The van der Waals surface area contributed by atoms with Gasteiger partial charge in [-0.15, -0.1) is 0 Å². The number of para-hydroxylation sites is 1. The van der Waals surface area contributed by atoms with Crippen molar-refractivity contribution in [2.45, 2.75) is 38.5 Å². The van der Waals surface area contributed by atoms with Crippen LogP contribution >= 0.6 is 0 Å². The fourth-order valence-electron chi connectivity index (χ4n) is 2.40. The van der Waals surface area contributed by atoms with Crippen LogP contribution in [0.15, 0.2) is 36.5 Å². The minimum absolute atomic E-state index is 0.0312. The third-order valence-electron chi connectivity index (χ3n) is 3.59. The molecule has 3 N–H and O–H groups in total. The van der Waals surface area contributed by atoms with E-state index in [1.807, 2.05) is 30.3 Å². The third kappa shape index (κ3) is 5.34. The second-order valence-electron chi connectivity index (χ2n) is 5.38. The van der Waals surface area contributed by atoms with E-state index in [0.717, 1.165) is 35.9 Å². The Morgan fingerprint density at radius 2 is 1.65 bits per heavy atom. The third-order valence-corrected chi connectivity index (χ3v) is 3.59. The first-order valence-electron chi connectivity index (χ1n) is 7.77. The van der Waals surface area contributed by atoms with Gasteiger partial charge < -0.3 is 5.32 Å². The second kappa shape index (κ2) is 8.85. The summed E-state index contributed by atoms with van der Waals surface area (Å²) in [6.07, 6.45) is 5.67. The summed E-state index contributed by atoms with van der Waals surface area (Å²) >= 11 is 0. The first kappa shape index (κ1) is 16.9. The molecule has 0 unspecified atom stereocenters. The summed E-state index contributed by atoms with van der Waals surface area (Å²) < 4.78 is 0. The zero-order chi connectivity index (χ0) is 16.5. The number of fused-ring (bicyclic) bond motifs is 1. The molecule has 1 heterocycles. The van der Waals surface area contributed by atoms with Crippen LogP contribution in [-0.4, -0.2) is 22.0 Å². The number of rotatable bonds is 8. The van der Waals surface area contributed by atoms with Crippen molar-refractivity contribution >= 4 is 28.4 Å². The molecule has 0 aliphatic heterocycles. The smallest absolute Gasteiger partial charge is 0.243 e. The van der Waals surface area contributed by atoms with E-state index in [2.05, 4.69) is 10.3 Å². The molecular formula is C17H21N3O3. The van der Waals surface area contributed by atoms with E-state index >= 15 is 0 Å². The molecule has 0 spiro atoms. The Morgan fingerprint density at radius 3 is 2.39 bits per heavy atom. The Hall–Kier alpha value is -2.47. The molecule has 6 nitrogen and oxygen atoms in total. The number of hydrogen-bond acceptors (Lipinski definition) is 4. The average Bonchev–Trinajstić information content (AvgIpc) is 2.58. The maximum atomic E-state index is 12.0. The molecule has 1 aromatic carbocycles. The number of hydroxylamine groups is 1. The molecule has 0 aliphatic carbocycles. The Bertz CT molecular complexity index is 668. The molecule has 1 aromatic heterocycles. The van der Waals surface area contributed by atoms with Crippen LogP contribution < -0.4 is 10.8 Å². The van der Waals surface area contributed by atoms with Gasteiger partial charge in [-0.3, -0.25) is 19.8 Å². The van der Waals surface area contributed by atoms with Gasteiger partial charge in [0, 0.05) is 24.4 Å². The summed E-state index contributed by atoms with van der Waals surface area (Å²) in [5.74, 6) is -0.401. The molecule has 0 radical (unpaired) electrons. The van der Waals surface area contributed by atoms with E-state index < -0.39 is 0 Å². The molecule has 2 rings (SSSR count). The molecule has 0 aliphatic rings. The summed E-state index contributed by atoms with van der Waals surface area (Å²) in [5, 5.41) is 12.3. The largest absolute Gasteiger partial charge is 0.324 e. The van der Waals surface area contributed by atoms with Crippen LogP contribution in [0.4, 0.5) is 5.69 Å². The highest BCUT2D eigenvalue weighted by atomic mass is 16.5. The Morgan fingerprint density at radius 1 is 0.957 bits per heavy atom. The molecule has 2 amide bonds. The fourth-order valence-corrected chi connectivity index (χ4v) is 2.40. The van der Waals surface area contributed by atoms with E-state index in [1.54, 1.807) is 11.7 Å². The number of aromatic nitrogens is 1. The van der Waals surface area contributed by atoms with E-state index in [4.69, 9.17) is 5.21 Å². The van der Waals surface area contributed by atoms with Gasteiger partial charge in [-0.05, 0) is 25.0 Å². The molecule has 23 heavy (non-hydrogen) atoms. The number of hydrogen-bond donors (Lipinski definition) is 3. The van der Waals surface area contributed by atoms with Gasteiger partial charge in [-0.2, -0.15) is 0 Å². The van der Waals surface area contributed by atoms with Crippen molar-refractivity contribution in [1.82, 2.24) is 10.5 Å². The number of nitrogens with one attached hydrogen (secondary N) is 2. The Balaban J connectivity index is 1.73. The molecule has 122 valence electrons. The number of unbranched alkanes of at least 4 members (excludes halogenated alkanes) is 3. The second-order valence-corrected chi connectivity index (χ2v) is 5.38. The van der Waals surface area contributed by atoms with Gasteiger partial charge in [-0.25, -0.2) is 5.48 Å². The van der Waals surface area contributed by atoms with Gasteiger partial charge in [0.1, 0.15) is 0 Å². The van der Waals surface area contributed by atoms with E-state index in [0.29, 0.717) is 19.3 Å². The number of amides is 2.